The van der Waals surface area contributed by atoms with Gasteiger partial charge in [-0.3, -0.25) is 9.36 Å². The first-order valence-electron chi connectivity index (χ1n) is 10.0. The molecule has 0 amide bonds. The van der Waals surface area contributed by atoms with Crippen molar-refractivity contribution in [2.75, 3.05) is 31.5 Å². The van der Waals surface area contributed by atoms with Crippen molar-refractivity contribution in [2.45, 2.75) is 46.1 Å². The lowest BCUT2D eigenvalue weighted by atomic mass is 10.2. The van der Waals surface area contributed by atoms with E-state index in [-0.39, 0.29) is 5.56 Å². The molecule has 2 aromatic rings. The topological polar surface area (TPSA) is 63.4 Å². The van der Waals surface area contributed by atoms with E-state index in [0.29, 0.717) is 10.5 Å². The van der Waals surface area contributed by atoms with Gasteiger partial charge < -0.3 is 15.5 Å². The van der Waals surface area contributed by atoms with Crippen LogP contribution in [0.1, 0.15) is 38.9 Å². The fourth-order valence-electron chi connectivity index (χ4n) is 3.63. The van der Waals surface area contributed by atoms with Crippen molar-refractivity contribution >= 4 is 33.9 Å². The van der Waals surface area contributed by atoms with Gasteiger partial charge in [0.1, 0.15) is 5.82 Å². The quantitative estimate of drug-likeness (QED) is 0.652. The SMILES string of the molecule is CC[NH+](CC)CCNC(=S)Nc1ccc2nc3n(c(=O)c2c1)CCCCC3. The van der Waals surface area contributed by atoms with Gasteiger partial charge in [-0.1, -0.05) is 6.42 Å². The van der Waals surface area contributed by atoms with E-state index in [1.807, 2.05) is 22.8 Å². The van der Waals surface area contributed by atoms with E-state index in [1.54, 1.807) is 0 Å². The molecule has 0 saturated carbocycles. The molecule has 3 N–H and O–H groups in total. The molecule has 3 rings (SSSR count). The summed E-state index contributed by atoms with van der Waals surface area (Å²) in [6, 6.07) is 5.71. The van der Waals surface area contributed by atoms with Gasteiger partial charge in [0.25, 0.3) is 5.56 Å². The number of fused-ring (bicyclic) bond motifs is 2. The van der Waals surface area contributed by atoms with Gasteiger partial charge in [-0.05, 0) is 57.1 Å². The first kappa shape index (κ1) is 19.8. The molecule has 7 heteroatoms. The van der Waals surface area contributed by atoms with Crippen LogP contribution >= 0.6 is 12.2 Å². The molecule has 2 heterocycles. The van der Waals surface area contributed by atoms with E-state index in [1.165, 1.54) is 4.90 Å². The van der Waals surface area contributed by atoms with Crippen LogP contribution in [-0.2, 0) is 13.0 Å². The summed E-state index contributed by atoms with van der Waals surface area (Å²) in [5.74, 6) is 0.918. The Kier molecular flexibility index (Phi) is 6.79. The summed E-state index contributed by atoms with van der Waals surface area (Å²) in [5, 5.41) is 7.69. The normalized spacial score (nSPS) is 14.0. The number of quaternary nitrogens is 1. The van der Waals surface area contributed by atoms with Gasteiger partial charge in [0.2, 0.25) is 0 Å². The van der Waals surface area contributed by atoms with Crippen LogP contribution in [0.4, 0.5) is 5.69 Å². The second-order valence-electron chi connectivity index (χ2n) is 7.12. The molecule has 1 aromatic heterocycles. The Bertz CT molecular complexity index is 859. The number of hydrogen-bond donors (Lipinski definition) is 3. The summed E-state index contributed by atoms with van der Waals surface area (Å²) in [7, 11) is 0. The summed E-state index contributed by atoms with van der Waals surface area (Å²) in [6.45, 7) is 9.24. The van der Waals surface area contributed by atoms with Gasteiger partial charge in [-0.2, -0.15) is 0 Å². The Morgan fingerprint density at radius 2 is 2.07 bits per heavy atom. The Hall–Kier alpha value is -1.99. The summed E-state index contributed by atoms with van der Waals surface area (Å²) in [4.78, 5) is 19.2. The van der Waals surface area contributed by atoms with Crippen molar-refractivity contribution in [2.24, 2.45) is 0 Å². The van der Waals surface area contributed by atoms with E-state index in [0.717, 1.165) is 75.4 Å². The van der Waals surface area contributed by atoms with E-state index in [9.17, 15) is 4.79 Å². The minimum atomic E-state index is 0.0598. The second kappa shape index (κ2) is 9.28. The van der Waals surface area contributed by atoms with Crippen LogP contribution in [0.2, 0.25) is 0 Å². The zero-order valence-electron chi connectivity index (χ0n) is 16.3. The molecule has 0 unspecified atom stereocenters. The number of nitrogens with one attached hydrogen (secondary N) is 3. The number of benzene rings is 1. The first-order valence-corrected chi connectivity index (χ1v) is 10.4. The molecule has 27 heavy (non-hydrogen) atoms. The standard InChI is InChI=1S/C20H29N5OS/c1-3-24(4-2)13-11-21-20(27)22-15-9-10-17-16(14-15)19(26)25-12-7-5-6-8-18(25)23-17/h9-10,14H,3-8,11-13H2,1-2H3,(H2,21,22,27)/p+1. The highest BCUT2D eigenvalue weighted by atomic mass is 32.1. The molecule has 1 aliphatic heterocycles. The van der Waals surface area contributed by atoms with Gasteiger partial charge in [0.05, 0.1) is 37.1 Å². The van der Waals surface area contributed by atoms with E-state index >= 15 is 0 Å². The lowest BCUT2D eigenvalue weighted by molar-refractivity contribution is -0.895. The molecule has 0 saturated heterocycles. The van der Waals surface area contributed by atoms with Gasteiger partial charge in [0.15, 0.2) is 5.11 Å². The predicted molar refractivity (Wildman–Crippen MR) is 115 cm³/mol. The highest BCUT2D eigenvalue weighted by Gasteiger charge is 2.14. The molecule has 6 nitrogen and oxygen atoms in total. The van der Waals surface area contributed by atoms with Crippen molar-refractivity contribution in [1.82, 2.24) is 14.9 Å². The maximum atomic E-state index is 12.9. The third kappa shape index (κ3) is 4.84. The minimum Gasteiger partial charge on any atom is -0.357 e. The maximum absolute atomic E-state index is 12.9. The molecule has 0 radical (unpaired) electrons. The molecule has 0 fully saturated rings. The number of nitrogens with zero attached hydrogens (tertiary/aromatic N) is 2. The van der Waals surface area contributed by atoms with Crippen molar-refractivity contribution in [3.63, 3.8) is 0 Å². The lowest BCUT2D eigenvalue weighted by Crippen LogP contribution is -3.12. The van der Waals surface area contributed by atoms with Crippen LogP contribution in [0.25, 0.3) is 10.9 Å². The molecule has 0 spiro atoms. The smallest absolute Gasteiger partial charge is 0.261 e. The Labute approximate surface area is 166 Å². The van der Waals surface area contributed by atoms with E-state index in [2.05, 4.69) is 24.5 Å². The molecular weight excluding hydrogens is 358 g/mol. The first-order chi connectivity index (χ1) is 13.1. The summed E-state index contributed by atoms with van der Waals surface area (Å²) >= 11 is 5.40. The Morgan fingerprint density at radius 3 is 2.85 bits per heavy atom. The zero-order valence-corrected chi connectivity index (χ0v) is 17.1. The molecule has 0 bridgehead atoms. The van der Waals surface area contributed by atoms with Crippen LogP contribution in [0, 0.1) is 0 Å². The molecule has 0 atom stereocenters. The highest BCUT2D eigenvalue weighted by molar-refractivity contribution is 7.80. The maximum Gasteiger partial charge on any atom is 0.261 e. The average molecular weight is 389 g/mol. The molecule has 0 aliphatic carbocycles. The van der Waals surface area contributed by atoms with Crippen LogP contribution in [0.15, 0.2) is 23.0 Å². The van der Waals surface area contributed by atoms with Gasteiger partial charge in [0, 0.05) is 18.7 Å². The van der Waals surface area contributed by atoms with Crippen LogP contribution < -0.4 is 21.1 Å². The molecular formula is C20H30N5OS+. The monoisotopic (exact) mass is 388 g/mol. The Balaban J connectivity index is 1.72. The largest absolute Gasteiger partial charge is 0.357 e. The number of anilines is 1. The molecule has 1 aliphatic rings. The average Bonchev–Trinajstić information content (AvgIpc) is 2.91. The lowest BCUT2D eigenvalue weighted by Gasteiger charge is -2.17. The number of thiocarbonyl (C=S) groups is 1. The number of aryl methyl sites for hydroxylation is 1. The number of aromatic nitrogens is 2. The number of rotatable bonds is 6. The van der Waals surface area contributed by atoms with Crippen molar-refractivity contribution in [3.05, 3.63) is 34.4 Å². The zero-order chi connectivity index (χ0) is 19.2. The second-order valence-corrected chi connectivity index (χ2v) is 7.52. The third-order valence-electron chi connectivity index (χ3n) is 5.34. The highest BCUT2D eigenvalue weighted by Crippen LogP contribution is 2.18. The van der Waals surface area contributed by atoms with Crippen LogP contribution in [-0.4, -0.2) is 40.8 Å². The van der Waals surface area contributed by atoms with Crippen LogP contribution in [0.3, 0.4) is 0 Å². The number of likely N-dealkylation sites (N-methyl/N-ethyl adjacent to an activating group) is 1. The van der Waals surface area contributed by atoms with Gasteiger partial charge in [-0.25, -0.2) is 4.98 Å². The summed E-state index contributed by atoms with van der Waals surface area (Å²) in [6.07, 6.45) is 4.18. The van der Waals surface area contributed by atoms with Crippen LogP contribution in [0.5, 0.6) is 0 Å². The van der Waals surface area contributed by atoms with Crippen molar-refractivity contribution in [1.29, 1.82) is 0 Å². The molecule has 1 aromatic carbocycles. The van der Waals surface area contributed by atoms with E-state index in [4.69, 9.17) is 17.2 Å². The molecule has 146 valence electrons. The number of hydrogen-bond acceptors (Lipinski definition) is 3. The summed E-state index contributed by atoms with van der Waals surface area (Å²) < 4.78 is 1.85. The van der Waals surface area contributed by atoms with Gasteiger partial charge >= 0.3 is 0 Å². The van der Waals surface area contributed by atoms with Gasteiger partial charge in [-0.15, -0.1) is 0 Å². The fourth-order valence-corrected chi connectivity index (χ4v) is 3.85. The third-order valence-corrected chi connectivity index (χ3v) is 5.58. The Morgan fingerprint density at radius 1 is 1.26 bits per heavy atom. The van der Waals surface area contributed by atoms with E-state index < -0.39 is 0 Å². The van der Waals surface area contributed by atoms with Crippen molar-refractivity contribution in [3.8, 4) is 0 Å². The summed E-state index contributed by atoms with van der Waals surface area (Å²) in [5.41, 5.74) is 1.65. The van der Waals surface area contributed by atoms with Crippen molar-refractivity contribution < 1.29 is 4.90 Å². The predicted octanol–water partition coefficient (Wildman–Crippen LogP) is 1.33. The fraction of sp³-hybridized carbons (Fsp3) is 0.550. The minimum absolute atomic E-state index is 0.0598.